The Labute approximate surface area is 134 Å². The topological polar surface area (TPSA) is 9.23 Å². The van der Waals surface area contributed by atoms with Crippen molar-refractivity contribution in [2.24, 2.45) is 0 Å². The Morgan fingerprint density at radius 2 is 1.48 bits per heavy atom. The minimum atomic E-state index is -1.67. The lowest BCUT2D eigenvalue weighted by atomic mass is 10.2. The lowest BCUT2D eigenvalue weighted by molar-refractivity contribution is 0.556. The standard InChI is InChI=1S/C17H32OSi3/c1-8-20(4,5)18-21(6,7)15-14-19(2,3)16-17-12-10-9-11-13-17/h9-15H,8,16H2,1-7H3. The van der Waals surface area contributed by atoms with Crippen LogP contribution >= 0.6 is 0 Å². The Hall–Kier alpha value is -0.429. The predicted molar refractivity (Wildman–Crippen MR) is 103 cm³/mol. The summed E-state index contributed by atoms with van der Waals surface area (Å²) in [5.41, 5.74) is 6.43. The molecule has 4 heteroatoms. The highest BCUT2D eigenvalue weighted by Crippen LogP contribution is 2.21. The summed E-state index contributed by atoms with van der Waals surface area (Å²) < 4.78 is 6.53. The lowest BCUT2D eigenvalue weighted by Crippen LogP contribution is -2.43. The Balaban J connectivity index is 2.73. The van der Waals surface area contributed by atoms with Crippen molar-refractivity contribution in [1.82, 2.24) is 0 Å². The second-order valence-electron chi connectivity index (χ2n) is 7.80. The van der Waals surface area contributed by atoms with E-state index in [1.54, 1.807) is 0 Å². The summed E-state index contributed by atoms with van der Waals surface area (Å²) >= 11 is 0. The molecular formula is C17H32OSi3. The molecule has 0 radical (unpaired) electrons. The first-order chi connectivity index (χ1) is 9.55. The fraction of sp³-hybridized carbons (Fsp3) is 0.529. The Kier molecular flexibility index (Phi) is 6.40. The third kappa shape index (κ3) is 7.40. The zero-order valence-corrected chi connectivity index (χ0v) is 17.9. The van der Waals surface area contributed by atoms with E-state index >= 15 is 0 Å². The van der Waals surface area contributed by atoms with Crippen LogP contribution < -0.4 is 0 Å². The molecule has 0 aliphatic rings. The first-order valence-electron chi connectivity index (χ1n) is 8.00. The fourth-order valence-electron chi connectivity index (χ4n) is 2.43. The molecule has 0 atom stereocenters. The van der Waals surface area contributed by atoms with Crippen molar-refractivity contribution in [3.63, 3.8) is 0 Å². The molecule has 1 aromatic carbocycles. The molecule has 0 bridgehead atoms. The summed E-state index contributed by atoms with van der Waals surface area (Å²) in [6, 6.07) is 13.3. The van der Waals surface area contributed by atoms with Gasteiger partial charge in [-0.2, -0.15) is 0 Å². The quantitative estimate of drug-likeness (QED) is 0.592. The molecule has 1 aromatic rings. The first kappa shape index (κ1) is 18.6. The van der Waals surface area contributed by atoms with Crippen LogP contribution in [0.1, 0.15) is 12.5 Å². The van der Waals surface area contributed by atoms with E-state index in [1.807, 2.05) is 0 Å². The molecule has 0 aliphatic heterocycles. The molecule has 0 fully saturated rings. The summed E-state index contributed by atoms with van der Waals surface area (Å²) in [6.45, 7) is 16.5. The minimum absolute atomic E-state index is 1.20. The van der Waals surface area contributed by atoms with Gasteiger partial charge in [0.1, 0.15) is 0 Å². The van der Waals surface area contributed by atoms with Crippen molar-refractivity contribution in [1.29, 1.82) is 0 Å². The van der Waals surface area contributed by atoms with Gasteiger partial charge < -0.3 is 4.12 Å². The lowest BCUT2D eigenvalue weighted by Gasteiger charge is -2.32. The van der Waals surface area contributed by atoms with Crippen molar-refractivity contribution in [2.75, 3.05) is 0 Å². The van der Waals surface area contributed by atoms with E-state index in [9.17, 15) is 0 Å². The highest BCUT2D eigenvalue weighted by Gasteiger charge is 2.30. The summed E-state index contributed by atoms with van der Waals surface area (Å²) in [5, 5.41) is 0. The van der Waals surface area contributed by atoms with Crippen molar-refractivity contribution < 1.29 is 4.12 Å². The SMILES string of the molecule is CC[Si](C)(C)O[Si](C)(C)C=C[Si](C)(C)Cc1ccccc1. The monoisotopic (exact) mass is 336 g/mol. The second-order valence-corrected chi connectivity index (χ2v) is 21.1. The summed E-state index contributed by atoms with van der Waals surface area (Å²) in [7, 11) is -4.48. The zero-order valence-electron chi connectivity index (χ0n) is 14.9. The van der Waals surface area contributed by atoms with Crippen LogP contribution in [-0.2, 0) is 10.2 Å². The van der Waals surface area contributed by atoms with E-state index in [2.05, 4.69) is 87.9 Å². The van der Waals surface area contributed by atoms with Crippen LogP contribution in [0, 0.1) is 0 Å². The maximum atomic E-state index is 6.53. The third-order valence-electron chi connectivity index (χ3n) is 3.83. The van der Waals surface area contributed by atoms with E-state index in [4.69, 9.17) is 4.12 Å². The number of rotatable bonds is 7. The summed E-state index contributed by atoms with van der Waals surface area (Å²) in [6.07, 6.45) is 0. The van der Waals surface area contributed by atoms with Crippen LogP contribution in [0.5, 0.6) is 0 Å². The van der Waals surface area contributed by atoms with Gasteiger partial charge in [0.05, 0.1) is 8.07 Å². The second kappa shape index (κ2) is 7.22. The molecule has 0 unspecified atom stereocenters. The molecule has 0 spiro atoms. The smallest absolute Gasteiger partial charge is 0.197 e. The van der Waals surface area contributed by atoms with E-state index in [-0.39, 0.29) is 0 Å². The van der Waals surface area contributed by atoms with Crippen LogP contribution in [0.3, 0.4) is 0 Å². The molecule has 0 aromatic heterocycles. The maximum Gasteiger partial charge on any atom is 0.197 e. The van der Waals surface area contributed by atoms with Crippen LogP contribution in [0.15, 0.2) is 41.7 Å². The van der Waals surface area contributed by atoms with Crippen LogP contribution in [-0.4, -0.2) is 24.7 Å². The molecule has 0 saturated carbocycles. The van der Waals surface area contributed by atoms with Gasteiger partial charge in [0.15, 0.2) is 16.6 Å². The van der Waals surface area contributed by atoms with Gasteiger partial charge in [-0.15, -0.1) is 0 Å². The zero-order chi connectivity index (χ0) is 16.1. The highest BCUT2D eigenvalue weighted by atomic mass is 28.4. The molecule has 0 N–H and O–H groups in total. The molecule has 118 valence electrons. The molecule has 0 saturated heterocycles. The largest absolute Gasteiger partial charge is 0.453 e. The molecule has 0 heterocycles. The highest BCUT2D eigenvalue weighted by molar-refractivity contribution is 6.89. The Morgan fingerprint density at radius 3 is 2.00 bits per heavy atom. The van der Waals surface area contributed by atoms with Gasteiger partial charge in [0.2, 0.25) is 0 Å². The fourth-order valence-corrected chi connectivity index (χ4v) is 13.8. The Morgan fingerprint density at radius 1 is 0.905 bits per heavy atom. The average molecular weight is 337 g/mol. The van der Waals surface area contributed by atoms with Crippen molar-refractivity contribution >= 4 is 24.7 Å². The molecule has 1 rings (SSSR count). The molecular weight excluding hydrogens is 304 g/mol. The van der Waals surface area contributed by atoms with Crippen LogP contribution in [0.25, 0.3) is 0 Å². The van der Waals surface area contributed by atoms with Crippen LogP contribution in [0.4, 0.5) is 0 Å². The van der Waals surface area contributed by atoms with Crippen molar-refractivity contribution in [3.8, 4) is 0 Å². The third-order valence-corrected chi connectivity index (χ3v) is 13.5. The summed E-state index contributed by atoms with van der Waals surface area (Å²) in [5.74, 6) is 0. The Bertz CT molecular complexity index is 464. The number of hydrogen-bond donors (Lipinski definition) is 0. The van der Waals surface area contributed by atoms with E-state index in [0.29, 0.717) is 0 Å². The summed E-state index contributed by atoms with van der Waals surface area (Å²) in [4.78, 5) is 0. The van der Waals surface area contributed by atoms with Gasteiger partial charge in [-0.25, -0.2) is 0 Å². The van der Waals surface area contributed by atoms with Gasteiger partial charge in [-0.1, -0.05) is 67.3 Å². The van der Waals surface area contributed by atoms with Crippen molar-refractivity contribution in [2.45, 2.75) is 58.3 Å². The van der Waals surface area contributed by atoms with Gasteiger partial charge in [-0.05, 0) is 38.3 Å². The van der Waals surface area contributed by atoms with Crippen molar-refractivity contribution in [3.05, 3.63) is 47.3 Å². The predicted octanol–water partition coefficient (Wildman–Crippen LogP) is 5.56. The molecule has 0 aliphatic carbocycles. The van der Waals surface area contributed by atoms with Gasteiger partial charge >= 0.3 is 0 Å². The van der Waals surface area contributed by atoms with Crippen LogP contribution in [0.2, 0.25) is 45.3 Å². The minimum Gasteiger partial charge on any atom is -0.453 e. The van der Waals surface area contributed by atoms with Gasteiger partial charge in [-0.3, -0.25) is 0 Å². The molecule has 21 heavy (non-hydrogen) atoms. The average Bonchev–Trinajstić information content (AvgIpc) is 2.36. The van der Waals surface area contributed by atoms with Gasteiger partial charge in [0.25, 0.3) is 0 Å². The normalized spacial score (nSPS) is 13.9. The molecule has 0 amide bonds. The van der Waals surface area contributed by atoms with Gasteiger partial charge in [0, 0.05) is 0 Å². The number of benzene rings is 1. The first-order valence-corrected chi connectivity index (χ1v) is 17.4. The number of hydrogen-bond acceptors (Lipinski definition) is 1. The van der Waals surface area contributed by atoms with E-state index in [1.165, 1.54) is 17.7 Å². The van der Waals surface area contributed by atoms with E-state index in [0.717, 1.165) is 0 Å². The molecule has 1 nitrogen and oxygen atoms in total. The van der Waals surface area contributed by atoms with E-state index < -0.39 is 24.7 Å². The maximum absolute atomic E-state index is 6.53.